The molecule has 2 unspecified atom stereocenters. The lowest BCUT2D eigenvalue weighted by molar-refractivity contribution is 0.117. The van der Waals surface area contributed by atoms with Gasteiger partial charge in [0.05, 0.1) is 6.20 Å². The first kappa shape index (κ1) is 19.6. The molecule has 2 aromatic heterocycles. The molecule has 2 amide bonds. The Kier molecular flexibility index (Phi) is 5.66. The van der Waals surface area contributed by atoms with Gasteiger partial charge in [-0.3, -0.25) is 0 Å². The van der Waals surface area contributed by atoms with E-state index in [0.717, 1.165) is 6.07 Å². The van der Waals surface area contributed by atoms with Gasteiger partial charge in [0.15, 0.2) is 0 Å². The summed E-state index contributed by atoms with van der Waals surface area (Å²) in [7, 11) is 1.62. The van der Waals surface area contributed by atoms with E-state index in [9.17, 15) is 13.7 Å². The number of pyridine rings is 1. The highest BCUT2D eigenvalue weighted by molar-refractivity contribution is 7.92. The number of halogens is 2. The van der Waals surface area contributed by atoms with Gasteiger partial charge in [0, 0.05) is 68.2 Å². The van der Waals surface area contributed by atoms with Crippen molar-refractivity contribution in [2.24, 2.45) is 13.0 Å². The fraction of sp³-hybridized carbons (Fsp3) is 0.471. The van der Waals surface area contributed by atoms with E-state index in [4.69, 9.17) is 0 Å². The average Bonchev–Trinajstić information content (AvgIpc) is 3.07. The standard InChI is InChI=1S/C17H21F2N5O2S/c1-17(19,27(26)15-4-8-21-23(15)2)12-5-9-24(10-6-12)16(25)22-13-3-7-20-14(18)11-13/h3-4,7-8,11-12H,5-6,9-10H2,1-2H3,(H,20,22,25). The van der Waals surface area contributed by atoms with Crippen LogP contribution in [0.1, 0.15) is 19.8 Å². The topological polar surface area (TPSA) is 86.1 Å². The minimum Gasteiger partial charge on any atom is -0.608 e. The predicted molar refractivity (Wildman–Crippen MR) is 96.6 cm³/mol. The molecule has 0 saturated carbocycles. The molecule has 3 rings (SSSR count). The van der Waals surface area contributed by atoms with Crippen molar-refractivity contribution in [3.8, 4) is 0 Å². The second-order valence-corrected chi connectivity index (χ2v) is 8.36. The van der Waals surface area contributed by atoms with Gasteiger partial charge in [0.25, 0.3) is 5.00 Å². The maximum atomic E-state index is 15.3. The number of hydrogen-bond acceptors (Lipinski definition) is 4. The van der Waals surface area contributed by atoms with E-state index in [2.05, 4.69) is 15.4 Å². The van der Waals surface area contributed by atoms with Crippen molar-refractivity contribution in [2.45, 2.75) is 29.8 Å². The summed E-state index contributed by atoms with van der Waals surface area (Å²) >= 11 is -1.86. The van der Waals surface area contributed by atoms with Crippen molar-refractivity contribution in [3.63, 3.8) is 0 Å². The number of likely N-dealkylation sites (tertiary alicyclic amines) is 1. The lowest BCUT2D eigenvalue weighted by Gasteiger charge is -2.37. The van der Waals surface area contributed by atoms with Gasteiger partial charge in [-0.2, -0.15) is 13.9 Å². The van der Waals surface area contributed by atoms with Gasteiger partial charge in [-0.1, -0.05) is 0 Å². The maximum Gasteiger partial charge on any atom is 0.321 e. The summed E-state index contributed by atoms with van der Waals surface area (Å²) in [5, 5.41) is 4.95. The van der Waals surface area contributed by atoms with E-state index in [1.54, 1.807) is 13.1 Å². The molecule has 0 aliphatic carbocycles. The number of anilines is 1. The fourth-order valence-electron chi connectivity index (χ4n) is 3.18. The lowest BCUT2D eigenvalue weighted by Crippen LogP contribution is -2.48. The number of nitrogens with zero attached hydrogens (tertiary/aromatic N) is 4. The molecule has 27 heavy (non-hydrogen) atoms. The van der Waals surface area contributed by atoms with E-state index in [-0.39, 0.29) is 6.03 Å². The second kappa shape index (κ2) is 7.81. The Balaban J connectivity index is 1.59. The monoisotopic (exact) mass is 397 g/mol. The lowest BCUT2D eigenvalue weighted by atomic mass is 9.92. The minimum atomic E-state index is -1.93. The molecule has 0 aromatic carbocycles. The normalized spacial score (nSPS) is 18.8. The van der Waals surface area contributed by atoms with Crippen LogP contribution in [0, 0.1) is 11.9 Å². The third-order valence-corrected chi connectivity index (χ3v) is 6.66. The van der Waals surface area contributed by atoms with Crippen LogP contribution in [0.5, 0.6) is 0 Å². The van der Waals surface area contributed by atoms with Crippen LogP contribution in [0.15, 0.2) is 35.6 Å². The van der Waals surface area contributed by atoms with Crippen LogP contribution in [-0.2, 0) is 18.2 Å². The molecular formula is C17H21F2N5O2S. The number of piperidine rings is 1. The second-order valence-electron chi connectivity index (χ2n) is 6.61. The van der Waals surface area contributed by atoms with Crippen molar-refractivity contribution in [1.82, 2.24) is 19.7 Å². The Morgan fingerprint density at radius 2 is 2.07 bits per heavy atom. The van der Waals surface area contributed by atoms with Crippen LogP contribution in [0.4, 0.5) is 19.3 Å². The van der Waals surface area contributed by atoms with Crippen LogP contribution in [0.25, 0.3) is 0 Å². The number of alkyl halides is 1. The van der Waals surface area contributed by atoms with Crippen molar-refractivity contribution in [2.75, 3.05) is 18.4 Å². The molecule has 1 N–H and O–H groups in total. The first-order valence-corrected chi connectivity index (χ1v) is 9.70. The zero-order valence-electron chi connectivity index (χ0n) is 15.1. The zero-order valence-corrected chi connectivity index (χ0v) is 15.9. The number of urea groups is 1. The van der Waals surface area contributed by atoms with E-state index in [1.165, 1.54) is 35.0 Å². The molecule has 2 aromatic rings. The molecule has 0 bridgehead atoms. The zero-order chi connectivity index (χ0) is 19.6. The molecule has 1 saturated heterocycles. The van der Waals surface area contributed by atoms with Gasteiger partial charge in [-0.15, -0.1) is 0 Å². The largest absolute Gasteiger partial charge is 0.608 e. The SMILES string of the molecule is Cn1nccc1[S+]([O-])C(C)(F)C1CCN(C(=O)Nc2ccnc(F)c2)CC1. The number of nitrogens with one attached hydrogen (secondary N) is 1. The van der Waals surface area contributed by atoms with Crippen LogP contribution in [-0.4, -0.2) is 48.3 Å². The molecule has 0 radical (unpaired) electrons. The van der Waals surface area contributed by atoms with E-state index in [0.29, 0.717) is 36.6 Å². The summed E-state index contributed by atoms with van der Waals surface area (Å²) < 4.78 is 42.5. The number of hydrogen-bond donors (Lipinski definition) is 1. The number of rotatable bonds is 4. The maximum absolute atomic E-state index is 15.3. The molecule has 1 fully saturated rings. The average molecular weight is 397 g/mol. The van der Waals surface area contributed by atoms with Crippen molar-refractivity contribution in [1.29, 1.82) is 0 Å². The van der Waals surface area contributed by atoms with Gasteiger partial charge in [0.1, 0.15) is 0 Å². The Morgan fingerprint density at radius 1 is 1.37 bits per heavy atom. The number of aryl methyl sites for hydroxylation is 1. The summed E-state index contributed by atoms with van der Waals surface area (Å²) in [6.45, 7) is 1.99. The molecule has 1 aliphatic heterocycles. The molecule has 3 heterocycles. The molecule has 7 nitrogen and oxygen atoms in total. The Bertz CT molecular complexity index is 808. The van der Waals surface area contributed by atoms with Crippen molar-refractivity contribution < 1.29 is 18.1 Å². The summed E-state index contributed by atoms with van der Waals surface area (Å²) in [6, 6.07) is 3.78. The van der Waals surface area contributed by atoms with E-state index < -0.39 is 28.0 Å². The van der Waals surface area contributed by atoms with Crippen molar-refractivity contribution in [3.05, 3.63) is 36.5 Å². The fourth-order valence-corrected chi connectivity index (χ4v) is 4.60. The number of aromatic nitrogens is 3. The number of carbonyl (C=O) groups is 1. The number of carbonyl (C=O) groups excluding carboxylic acids is 1. The van der Waals surface area contributed by atoms with Gasteiger partial charge in [0.2, 0.25) is 11.0 Å². The van der Waals surface area contributed by atoms with Gasteiger partial charge < -0.3 is 14.8 Å². The van der Waals surface area contributed by atoms with E-state index in [1.807, 2.05) is 0 Å². The summed E-state index contributed by atoms with van der Waals surface area (Å²) in [6.07, 6.45) is 3.51. The summed E-state index contributed by atoms with van der Waals surface area (Å²) in [4.78, 5) is 17.3. The van der Waals surface area contributed by atoms with Crippen LogP contribution >= 0.6 is 0 Å². The Morgan fingerprint density at radius 3 is 2.67 bits per heavy atom. The van der Waals surface area contributed by atoms with Crippen LogP contribution in [0.2, 0.25) is 0 Å². The highest BCUT2D eigenvalue weighted by Gasteiger charge is 2.49. The first-order valence-electron chi connectivity index (χ1n) is 8.55. The molecular weight excluding hydrogens is 376 g/mol. The quantitative estimate of drug-likeness (QED) is 0.635. The molecule has 1 aliphatic rings. The number of amides is 2. The highest BCUT2D eigenvalue weighted by atomic mass is 32.2. The van der Waals surface area contributed by atoms with Crippen LogP contribution in [0.3, 0.4) is 0 Å². The van der Waals surface area contributed by atoms with E-state index >= 15 is 4.39 Å². The Labute approximate surface area is 158 Å². The molecule has 146 valence electrons. The van der Waals surface area contributed by atoms with Crippen LogP contribution < -0.4 is 5.32 Å². The molecule has 10 heteroatoms. The van der Waals surface area contributed by atoms with Gasteiger partial charge >= 0.3 is 6.03 Å². The van der Waals surface area contributed by atoms with Gasteiger partial charge in [-0.25, -0.2) is 14.5 Å². The third kappa shape index (κ3) is 4.22. The summed E-state index contributed by atoms with van der Waals surface area (Å²) in [5.41, 5.74) is 0.308. The molecule has 0 spiro atoms. The Hall–Kier alpha value is -2.20. The van der Waals surface area contributed by atoms with Gasteiger partial charge in [-0.05, 0) is 18.9 Å². The smallest absolute Gasteiger partial charge is 0.321 e. The predicted octanol–water partition coefficient (Wildman–Crippen LogP) is 2.69. The molecule has 2 atom stereocenters. The first-order chi connectivity index (χ1) is 12.8. The third-order valence-electron chi connectivity index (χ3n) is 4.82. The minimum absolute atomic E-state index is 0.308. The van der Waals surface area contributed by atoms with Crippen molar-refractivity contribution >= 4 is 22.9 Å². The highest BCUT2D eigenvalue weighted by Crippen LogP contribution is 2.39. The summed E-state index contributed by atoms with van der Waals surface area (Å²) in [5.74, 6) is -1.13.